The van der Waals surface area contributed by atoms with Crippen molar-refractivity contribution < 1.29 is 19.6 Å². The highest BCUT2D eigenvalue weighted by molar-refractivity contribution is 7.20. The first-order valence-corrected chi connectivity index (χ1v) is 10.4. The summed E-state index contributed by atoms with van der Waals surface area (Å²) in [6.45, 7) is 1.91. The van der Waals surface area contributed by atoms with E-state index in [4.69, 9.17) is 5.21 Å². The maximum absolute atomic E-state index is 12.9. The highest BCUT2D eigenvalue weighted by Gasteiger charge is 2.21. The molecule has 1 unspecified atom stereocenters. The second-order valence-corrected chi connectivity index (χ2v) is 7.94. The van der Waals surface area contributed by atoms with Crippen LogP contribution in [0.3, 0.4) is 0 Å². The number of fused-ring (bicyclic) bond motifs is 1. The predicted molar refractivity (Wildman–Crippen MR) is 117 cm³/mol. The molecule has 3 amide bonds. The lowest BCUT2D eigenvalue weighted by Gasteiger charge is -2.19. The molecule has 4 N–H and O–H groups in total. The van der Waals surface area contributed by atoms with Crippen molar-refractivity contribution in [3.8, 4) is 0 Å². The van der Waals surface area contributed by atoms with Crippen LogP contribution in [-0.4, -0.2) is 29.0 Å². The molecule has 0 radical (unpaired) electrons. The summed E-state index contributed by atoms with van der Waals surface area (Å²) < 4.78 is 0.851. The summed E-state index contributed by atoms with van der Waals surface area (Å²) in [6.07, 6.45) is 1.43. The fraction of sp³-hybridized carbons (Fsp3) is 0.227. The number of nitrogens with one attached hydrogen (secondary N) is 3. The van der Waals surface area contributed by atoms with E-state index in [0.717, 1.165) is 15.6 Å². The van der Waals surface area contributed by atoms with Crippen LogP contribution in [0.5, 0.6) is 0 Å². The van der Waals surface area contributed by atoms with E-state index < -0.39 is 11.9 Å². The molecule has 156 valence electrons. The summed E-state index contributed by atoms with van der Waals surface area (Å²) in [5.74, 6) is -1.06. The zero-order valence-corrected chi connectivity index (χ0v) is 17.3. The largest absolute Gasteiger partial charge is 0.344 e. The lowest BCUT2D eigenvalue weighted by molar-refractivity contribution is -0.126. The van der Waals surface area contributed by atoms with Crippen molar-refractivity contribution in [1.82, 2.24) is 10.8 Å². The highest BCUT2D eigenvalue weighted by Crippen LogP contribution is 2.28. The number of thiophene rings is 1. The fourth-order valence-corrected chi connectivity index (χ4v) is 4.00. The SMILES string of the molecule is CCCC(=O)NC(Cc1ccccc1)C(=O)Nc1ccc2sc(C(=O)NO)cc2c1. The van der Waals surface area contributed by atoms with Gasteiger partial charge in [-0.1, -0.05) is 37.3 Å². The maximum atomic E-state index is 12.9. The highest BCUT2D eigenvalue weighted by atomic mass is 32.1. The first kappa shape index (κ1) is 21.5. The normalized spacial score (nSPS) is 11.7. The van der Waals surface area contributed by atoms with Gasteiger partial charge in [0.2, 0.25) is 11.8 Å². The third kappa shape index (κ3) is 5.43. The zero-order valence-electron chi connectivity index (χ0n) is 16.5. The molecule has 1 atom stereocenters. The van der Waals surface area contributed by atoms with Crippen LogP contribution in [0, 0.1) is 0 Å². The van der Waals surface area contributed by atoms with E-state index in [1.807, 2.05) is 37.3 Å². The summed E-state index contributed by atoms with van der Waals surface area (Å²) in [4.78, 5) is 37.0. The summed E-state index contributed by atoms with van der Waals surface area (Å²) in [5.41, 5.74) is 3.12. The molecule has 2 aromatic carbocycles. The number of hydrogen-bond donors (Lipinski definition) is 4. The van der Waals surface area contributed by atoms with Crippen molar-refractivity contribution in [3.05, 3.63) is 65.0 Å². The molecule has 0 fully saturated rings. The Morgan fingerprint density at radius 3 is 2.53 bits per heavy atom. The lowest BCUT2D eigenvalue weighted by atomic mass is 10.0. The number of carbonyl (C=O) groups is 3. The molecule has 3 rings (SSSR count). The first-order chi connectivity index (χ1) is 14.5. The summed E-state index contributed by atoms with van der Waals surface area (Å²) in [7, 11) is 0. The van der Waals surface area contributed by atoms with E-state index in [-0.39, 0.29) is 11.8 Å². The van der Waals surface area contributed by atoms with Gasteiger partial charge in [-0.2, -0.15) is 0 Å². The van der Waals surface area contributed by atoms with E-state index in [0.29, 0.717) is 29.8 Å². The number of anilines is 1. The van der Waals surface area contributed by atoms with E-state index in [1.54, 1.807) is 29.7 Å². The molecule has 0 aliphatic carbocycles. The fourth-order valence-electron chi connectivity index (χ4n) is 3.07. The van der Waals surface area contributed by atoms with Gasteiger partial charge in [-0.3, -0.25) is 19.6 Å². The molecule has 8 heteroatoms. The second-order valence-electron chi connectivity index (χ2n) is 6.85. The van der Waals surface area contributed by atoms with Gasteiger partial charge in [0.15, 0.2) is 0 Å². The van der Waals surface area contributed by atoms with Crippen LogP contribution in [0.1, 0.15) is 35.0 Å². The van der Waals surface area contributed by atoms with Crippen LogP contribution < -0.4 is 16.1 Å². The van der Waals surface area contributed by atoms with E-state index >= 15 is 0 Å². The van der Waals surface area contributed by atoms with Gasteiger partial charge in [-0.05, 0) is 41.6 Å². The average Bonchev–Trinajstić information content (AvgIpc) is 3.17. The molecule has 0 saturated heterocycles. The van der Waals surface area contributed by atoms with Crippen molar-refractivity contribution in [2.45, 2.75) is 32.2 Å². The average molecular weight is 426 g/mol. The molecule has 0 saturated carbocycles. The van der Waals surface area contributed by atoms with E-state index in [9.17, 15) is 14.4 Å². The zero-order chi connectivity index (χ0) is 21.5. The minimum atomic E-state index is -0.708. The smallest absolute Gasteiger partial charge is 0.284 e. The number of rotatable bonds is 8. The molecule has 1 aromatic heterocycles. The van der Waals surface area contributed by atoms with Gasteiger partial charge in [0.25, 0.3) is 5.91 Å². The molecule has 0 aliphatic heterocycles. The van der Waals surface area contributed by atoms with Crippen molar-refractivity contribution in [3.63, 3.8) is 0 Å². The molecule has 30 heavy (non-hydrogen) atoms. The molecule has 1 heterocycles. The minimum Gasteiger partial charge on any atom is -0.344 e. The Bertz CT molecular complexity index is 1050. The Balaban J connectivity index is 1.78. The van der Waals surface area contributed by atoms with E-state index in [1.165, 1.54) is 11.3 Å². The molecular formula is C22H23N3O4S. The van der Waals surface area contributed by atoms with Crippen molar-refractivity contribution in [2.24, 2.45) is 0 Å². The molecular weight excluding hydrogens is 402 g/mol. The molecule has 0 bridgehead atoms. The Kier molecular flexibility index (Phi) is 7.16. The Labute approximate surface area is 178 Å². The van der Waals surface area contributed by atoms with Crippen LogP contribution in [0.25, 0.3) is 10.1 Å². The van der Waals surface area contributed by atoms with Crippen molar-refractivity contribution >= 4 is 44.8 Å². The van der Waals surface area contributed by atoms with Gasteiger partial charge in [-0.15, -0.1) is 11.3 Å². The number of amides is 3. The standard InChI is InChI=1S/C22H23N3O4S/c1-2-6-20(26)24-17(11-14-7-4-3-5-8-14)21(27)23-16-9-10-18-15(12-16)13-19(30-18)22(28)25-29/h3-5,7-10,12-13,17,29H,2,6,11H2,1H3,(H,23,27)(H,24,26)(H,25,28). The summed E-state index contributed by atoms with van der Waals surface area (Å²) in [5, 5.41) is 15.2. The van der Waals surface area contributed by atoms with Gasteiger partial charge >= 0.3 is 0 Å². The van der Waals surface area contributed by atoms with Gasteiger partial charge in [0.05, 0.1) is 4.88 Å². The van der Waals surface area contributed by atoms with E-state index in [2.05, 4.69) is 10.6 Å². The maximum Gasteiger partial charge on any atom is 0.284 e. The Hall–Kier alpha value is -3.23. The van der Waals surface area contributed by atoms with Crippen LogP contribution >= 0.6 is 11.3 Å². The summed E-state index contributed by atoms with van der Waals surface area (Å²) in [6, 6.07) is 15.7. The number of hydrogen-bond acceptors (Lipinski definition) is 5. The van der Waals surface area contributed by atoms with Crippen LogP contribution in [-0.2, 0) is 16.0 Å². The van der Waals surface area contributed by atoms with Crippen LogP contribution in [0.15, 0.2) is 54.6 Å². The van der Waals surface area contributed by atoms with Gasteiger partial charge < -0.3 is 10.6 Å². The Morgan fingerprint density at radius 1 is 1.07 bits per heavy atom. The topological polar surface area (TPSA) is 108 Å². The monoisotopic (exact) mass is 425 g/mol. The summed E-state index contributed by atoms with van der Waals surface area (Å²) >= 11 is 1.24. The first-order valence-electron chi connectivity index (χ1n) is 9.62. The molecule has 7 nitrogen and oxygen atoms in total. The third-order valence-corrected chi connectivity index (χ3v) is 5.64. The van der Waals surface area contributed by atoms with Crippen LogP contribution in [0.2, 0.25) is 0 Å². The van der Waals surface area contributed by atoms with Crippen molar-refractivity contribution in [1.29, 1.82) is 0 Å². The van der Waals surface area contributed by atoms with Gasteiger partial charge in [-0.25, -0.2) is 5.48 Å². The number of carbonyl (C=O) groups excluding carboxylic acids is 3. The number of benzene rings is 2. The third-order valence-electron chi connectivity index (χ3n) is 4.52. The minimum absolute atomic E-state index is 0.165. The second kappa shape index (κ2) is 10.00. The molecule has 0 spiro atoms. The molecule has 3 aromatic rings. The Morgan fingerprint density at radius 2 is 1.83 bits per heavy atom. The van der Waals surface area contributed by atoms with Gasteiger partial charge in [0, 0.05) is 23.2 Å². The number of hydroxylamine groups is 1. The van der Waals surface area contributed by atoms with Gasteiger partial charge in [0.1, 0.15) is 6.04 Å². The predicted octanol–water partition coefficient (Wildman–Crippen LogP) is 3.49. The quantitative estimate of drug-likeness (QED) is 0.327. The van der Waals surface area contributed by atoms with Crippen LogP contribution in [0.4, 0.5) is 5.69 Å². The lowest BCUT2D eigenvalue weighted by Crippen LogP contribution is -2.45. The van der Waals surface area contributed by atoms with Crippen molar-refractivity contribution in [2.75, 3.05) is 5.32 Å². The molecule has 0 aliphatic rings.